The number of anilines is 1. The van der Waals surface area contributed by atoms with E-state index in [2.05, 4.69) is 29.4 Å². The standard InChI is InChI=1S/C27H36N2O5/c1-29(16-20-11-19-13-24(32-3)25(33-4)14-21(19)20)10-6-7-17-8-9-18-12-23(31-2)26(34-5)15-22(18)28-27(17)30/h12-15,17,20H,6-11,16H2,1-5H3,(H,28,30)/t17?,20-/m1/s1. The summed E-state index contributed by atoms with van der Waals surface area (Å²) in [6.45, 7) is 1.97. The Labute approximate surface area is 202 Å². The summed E-state index contributed by atoms with van der Waals surface area (Å²) in [5.41, 5.74) is 4.63. The highest BCUT2D eigenvalue weighted by Gasteiger charge is 2.30. The molecule has 0 saturated carbocycles. The second kappa shape index (κ2) is 10.6. The average Bonchev–Trinajstić information content (AvgIpc) is 2.98. The first-order valence-electron chi connectivity index (χ1n) is 12.0. The van der Waals surface area contributed by atoms with E-state index in [4.69, 9.17) is 18.9 Å². The first-order chi connectivity index (χ1) is 16.5. The molecule has 2 atom stereocenters. The van der Waals surface area contributed by atoms with Crippen LogP contribution in [0.1, 0.15) is 41.9 Å². The molecule has 4 rings (SSSR count). The van der Waals surface area contributed by atoms with Crippen molar-refractivity contribution in [2.24, 2.45) is 5.92 Å². The van der Waals surface area contributed by atoms with E-state index in [9.17, 15) is 4.79 Å². The Morgan fingerprint density at radius 1 is 0.882 bits per heavy atom. The molecule has 2 aromatic rings. The second-order valence-electron chi connectivity index (χ2n) is 9.30. The Balaban J connectivity index is 1.28. The zero-order chi connectivity index (χ0) is 24.2. The lowest BCUT2D eigenvalue weighted by Gasteiger charge is -2.34. The first-order valence-corrected chi connectivity index (χ1v) is 12.0. The minimum Gasteiger partial charge on any atom is -0.493 e. The topological polar surface area (TPSA) is 69.3 Å². The number of hydrogen-bond acceptors (Lipinski definition) is 6. The molecule has 7 heteroatoms. The highest BCUT2D eigenvalue weighted by atomic mass is 16.5. The molecule has 1 aliphatic heterocycles. The summed E-state index contributed by atoms with van der Waals surface area (Å²) in [6, 6.07) is 8.06. The van der Waals surface area contributed by atoms with Gasteiger partial charge in [0, 0.05) is 30.1 Å². The molecule has 184 valence electrons. The van der Waals surface area contributed by atoms with Gasteiger partial charge in [-0.15, -0.1) is 0 Å². The van der Waals surface area contributed by atoms with Gasteiger partial charge >= 0.3 is 0 Å². The van der Waals surface area contributed by atoms with Crippen molar-refractivity contribution in [2.45, 2.75) is 38.0 Å². The zero-order valence-corrected chi connectivity index (χ0v) is 20.9. The van der Waals surface area contributed by atoms with Gasteiger partial charge in [0.2, 0.25) is 5.91 Å². The number of carbonyl (C=O) groups is 1. The van der Waals surface area contributed by atoms with Crippen LogP contribution in [0.4, 0.5) is 5.69 Å². The fourth-order valence-electron chi connectivity index (χ4n) is 5.19. The number of nitrogens with zero attached hydrogens (tertiary/aromatic N) is 1. The molecule has 0 aromatic heterocycles. The van der Waals surface area contributed by atoms with Crippen LogP contribution in [0.3, 0.4) is 0 Å². The van der Waals surface area contributed by atoms with Crippen LogP contribution in [0.15, 0.2) is 24.3 Å². The number of carbonyl (C=O) groups excluding carboxylic acids is 1. The average molecular weight is 469 g/mol. The minimum absolute atomic E-state index is 0.0129. The van der Waals surface area contributed by atoms with Crippen molar-refractivity contribution in [2.75, 3.05) is 53.9 Å². The van der Waals surface area contributed by atoms with Crippen molar-refractivity contribution in [1.29, 1.82) is 0 Å². The fraction of sp³-hybridized carbons (Fsp3) is 0.519. The van der Waals surface area contributed by atoms with Crippen LogP contribution >= 0.6 is 0 Å². The van der Waals surface area contributed by atoms with E-state index in [1.54, 1.807) is 28.4 Å². The van der Waals surface area contributed by atoms with Crippen molar-refractivity contribution in [3.05, 3.63) is 41.0 Å². The Kier molecular flexibility index (Phi) is 7.51. The maximum absolute atomic E-state index is 12.9. The van der Waals surface area contributed by atoms with Crippen LogP contribution in [-0.4, -0.2) is 59.4 Å². The van der Waals surface area contributed by atoms with Crippen LogP contribution in [0.25, 0.3) is 0 Å². The Bertz CT molecular complexity index is 1040. The van der Waals surface area contributed by atoms with E-state index < -0.39 is 0 Å². The van der Waals surface area contributed by atoms with Gasteiger partial charge in [0.25, 0.3) is 0 Å². The molecule has 7 nitrogen and oxygen atoms in total. The lowest BCUT2D eigenvalue weighted by Crippen LogP contribution is -2.32. The van der Waals surface area contributed by atoms with E-state index in [0.29, 0.717) is 17.4 Å². The van der Waals surface area contributed by atoms with Crippen LogP contribution in [-0.2, 0) is 17.6 Å². The third-order valence-electron chi connectivity index (χ3n) is 7.18. The molecular weight excluding hydrogens is 432 g/mol. The third-order valence-corrected chi connectivity index (χ3v) is 7.18. The monoisotopic (exact) mass is 468 g/mol. The summed E-state index contributed by atoms with van der Waals surface area (Å²) in [4.78, 5) is 15.2. The van der Waals surface area contributed by atoms with Gasteiger partial charge in [0.15, 0.2) is 23.0 Å². The van der Waals surface area contributed by atoms with E-state index in [-0.39, 0.29) is 11.8 Å². The molecule has 1 amide bonds. The Morgan fingerprint density at radius 3 is 2.18 bits per heavy atom. The van der Waals surface area contributed by atoms with Gasteiger partial charge in [-0.25, -0.2) is 0 Å². The molecule has 1 heterocycles. The summed E-state index contributed by atoms with van der Waals surface area (Å²) in [5.74, 6) is 3.56. The molecule has 0 radical (unpaired) electrons. The molecule has 0 spiro atoms. The minimum atomic E-state index is 0.0129. The molecule has 2 aromatic carbocycles. The fourth-order valence-corrected chi connectivity index (χ4v) is 5.19. The molecule has 0 saturated heterocycles. The normalized spacial score (nSPS) is 18.8. The smallest absolute Gasteiger partial charge is 0.227 e. The van der Waals surface area contributed by atoms with Gasteiger partial charge in [-0.05, 0) is 80.6 Å². The molecule has 34 heavy (non-hydrogen) atoms. The van der Waals surface area contributed by atoms with Crippen molar-refractivity contribution >= 4 is 11.6 Å². The lowest BCUT2D eigenvalue weighted by molar-refractivity contribution is -0.120. The lowest BCUT2D eigenvalue weighted by atomic mass is 9.77. The molecule has 1 unspecified atom stereocenters. The number of aryl methyl sites for hydroxylation is 1. The number of fused-ring (bicyclic) bond motifs is 2. The number of hydrogen-bond donors (Lipinski definition) is 1. The quantitative estimate of drug-likeness (QED) is 0.562. The van der Waals surface area contributed by atoms with E-state index >= 15 is 0 Å². The molecule has 1 aliphatic carbocycles. The van der Waals surface area contributed by atoms with Gasteiger partial charge in [-0.1, -0.05) is 0 Å². The largest absolute Gasteiger partial charge is 0.493 e. The number of benzene rings is 2. The number of amides is 1. The second-order valence-corrected chi connectivity index (χ2v) is 9.30. The van der Waals surface area contributed by atoms with Gasteiger partial charge in [0.1, 0.15) is 0 Å². The van der Waals surface area contributed by atoms with Gasteiger partial charge in [-0.2, -0.15) is 0 Å². The summed E-state index contributed by atoms with van der Waals surface area (Å²) in [7, 11) is 8.76. The maximum Gasteiger partial charge on any atom is 0.227 e. The molecule has 0 fully saturated rings. The van der Waals surface area contributed by atoms with Gasteiger partial charge in [0.05, 0.1) is 28.4 Å². The number of nitrogens with one attached hydrogen (secondary N) is 1. The highest BCUT2D eigenvalue weighted by Crippen LogP contribution is 2.42. The van der Waals surface area contributed by atoms with E-state index in [1.807, 2.05) is 12.1 Å². The first kappa shape index (κ1) is 24.2. The predicted octanol–water partition coefficient (Wildman–Crippen LogP) is 4.27. The Morgan fingerprint density at radius 2 is 1.50 bits per heavy atom. The molecular formula is C27H36N2O5. The van der Waals surface area contributed by atoms with Crippen molar-refractivity contribution < 1.29 is 23.7 Å². The van der Waals surface area contributed by atoms with Crippen LogP contribution < -0.4 is 24.3 Å². The molecule has 1 N–H and O–H groups in total. The third kappa shape index (κ3) is 4.94. The van der Waals surface area contributed by atoms with Crippen molar-refractivity contribution in [3.63, 3.8) is 0 Å². The number of likely N-dealkylation sites (N-methyl/N-ethyl adjacent to an activating group) is 1. The van der Waals surface area contributed by atoms with Crippen LogP contribution in [0.5, 0.6) is 23.0 Å². The summed E-state index contributed by atoms with van der Waals surface area (Å²) < 4.78 is 21.7. The maximum atomic E-state index is 12.9. The molecule has 0 bridgehead atoms. The van der Waals surface area contributed by atoms with Crippen molar-refractivity contribution in [1.82, 2.24) is 4.90 Å². The number of rotatable bonds is 10. The number of methoxy groups -OCH3 is 4. The summed E-state index contributed by atoms with van der Waals surface area (Å²) in [5, 5.41) is 3.11. The summed E-state index contributed by atoms with van der Waals surface area (Å²) in [6.07, 6.45) is 4.62. The molecule has 2 aliphatic rings. The van der Waals surface area contributed by atoms with E-state index in [0.717, 1.165) is 67.9 Å². The SMILES string of the molecule is COc1cc2c(cc1OC)NC(=O)C(CCCN(C)C[C@H]1Cc3cc(OC)c(OC)cc31)CC2. The number of ether oxygens (including phenoxy) is 4. The van der Waals surface area contributed by atoms with E-state index in [1.165, 1.54) is 11.1 Å². The predicted molar refractivity (Wildman–Crippen MR) is 133 cm³/mol. The highest BCUT2D eigenvalue weighted by molar-refractivity contribution is 5.94. The van der Waals surface area contributed by atoms with Crippen molar-refractivity contribution in [3.8, 4) is 23.0 Å². The Hall–Kier alpha value is -2.93. The van der Waals surface area contributed by atoms with Crippen LogP contribution in [0, 0.1) is 5.92 Å². The van der Waals surface area contributed by atoms with Gasteiger partial charge < -0.3 is 29.2 Å². The summed E-state index contributed by atoms with van der Waals surface area (Å²) >= 11 is 0. The zero-order valence-electron chi connectivity index (χ0n) is 20.9. The van der Waals surface area contributed by atoms with Gasteiger partial charge in [-0.3, -0.25) is 4.79 Å². The van der Waals surface area contributed by atoms with Crippen LogP contribution in [0.2, 0.25) is 0 Å².